The van der Waals surface area contributed by atoms with Crippen molar-refractivity contribution in [2.75, 3.05) is 13.1 Å². The van der Waals surface area contributed by atoms with Crippen LogP contribution in [0.25, 0.3) is 0 Å². The van der Waals surface area contributed by atoms with Gasteiger partial charge in [-0.15, -0.1) is 0 Å². The molecule has 0 aromatic carbocycles. The Bertz CT molecular complexity index is 372. The first-order chi connectivity index (χ1) is 10.2. The fourth-order valence-electron chi connectivity index (χ4n) is 2.25. The molecule has 0 aromatic heterocycles. The van der Waals surface area contributed by atoms with Crippen LogP contribution in [0.5, 0.6) is 0 Å². The highest BCUT2D eigenvalue weighted by Crippen LogP contribution is 2.33. The van der Waals surface area contributed by atoms with E-state index in [1.807, 2.05) is 0 Å². The summed E-state index contributed by atoms with van der Waals surface area (Å²) in [6.45, 7) is 7.04. The normalized spacial score (nSPS) is 13.3. The molecule has 0 rings (SSSR count). The van der Waals surface area contributed by atoms with E-state index in [-0.39, 0.29) is 13.1 Å². The van der Waals surface area contributed by atoms with Gasteiger partial charge in [0.1, 0.15) is 0 Å². The Morgan fingerprint density at radius 2 is 1.27 bits per heavy atom. The molecular weight excluding hydrogens is 308 g/mol. The molecule has 0 amide bonds. The Hall–Kier alpha value is -0.230. The van der Waals surface area contributed by atoms with E-state index in [1.165, 1.54) is 13.8 Å². The molecule has 0 spiro atoms. The Morgan fingerprint density at radius 1 is 0.864 bits per heavy atom. The number of hydrogen-bond donors (Lipinski definition) is 0. The second-order valence-corrected chi connectivity index (χ2v) is 8.25. The fraction of sp³-hybridized carbons (Fsp3) is 1.00. The van der Waals surface area contributed by atoms with Crippen LogP contribution in [-0.4, -0.2) is 31.1 Å². The molecule has 0 aliphatic heterocycles. The molecular formula is C16H33F2NO2S. The third kappa shape index (κ3) is 6.49. The van der Waals surface area contributed by atoms with Gasteiger partial charge >= 0.3 is 5.25 Å². The van der Waals surface area contributed by atoms with Gasteiger partial charge in [-0.3, -0.25) is 0 Å². The molecule has 0 heterocycles. The van der Waals surface area contributed by atoms with E-state index in [2.05, 4.69) is 13.8 Å². The van der Waals surface area contributed by atoms with Crippen LogP contribution in [-0.2, 0) is 10.0 Å². The van der Waals surface area contributed by atoms with Gasteiger partial charge in [0, 0.05) is 19.0 Å². The van der Waals surface area contributed by atoms with Gasteiger partial charge in [0.2, 0.25) is 0 Å². The van der Waals surface area contributed by atoms with Gasteiger partial charge in [0.05, 0.1) is 0 Å². The number of hydrogen-bond acceptors (Lipinski definition) is 2. The molecule has 0 saturated heterocycles. The number of sulfonamides is 1. The van der Waals surface area contributed by atoms with Crippen LogP contribution in [0.4, 0.5) is 8.78 Å². The molecule has 0 saturated carbocycles. The summed E-state index contributed by atoms with van der Waals surface area (Å²) in [6.07, 6.45) is 7.13. The summed E-state index contributed by atoms with van der Waals surface area (Å²) in [5.74, 6) is -1.22. The van der Waals surface area contributed by atoms with E-state index >= 15 is 0 Å². The number of halogens is 2. The molecule has 0 bridgehead atoms. The van der Waals surface area contributed by atoms with Crippen molar-refractivity contribution in [3.05, 3.63) is 0 Å². The van der Waals surface area contributed by atoms with Gasteiger partial charge in [-0.2, -0.15) is 13.1 Å². The van der Waals surface area contributed by atoms with Crippen LogP contribution in [0, 0.1) is 5.92 Å². The van der Waals surface area contributed by atoms with Crippen molar-refractivity contribution in [2.45, 2.75) is 84.3 Å². The summed E-state index contributed by atoms with van der Waals surface area (Å²) in [5.41, 5.74) is 0. The quantitative estimate of drug-likeness (QED) is 0.441. The van der Waals surface area contributed by atoms with Gasteiger partial charge in [0.25, 0.3) is 10.0 Å². The number of rotatable bonds is 13. The van der Waals surface area contributed by atoms with E-state index in [0.717, 1.165) is 42.8 Å². The van der Waals surface area contributed by atoms with Crippen LogP contribution in [0.3, 0.4) is 0 Å². The van der Waals surface area contributed by atoms with Crippen molar-refractivity contribution in [3.8, 4) is 0 Å². The molecule has 0 aromatic rings. The molecule has 134 valence electrons. The van der Waals surface area contributed by atoms with E-state index in [0.29, 0.717) is 12.8 Å². The smallest absolute Gasteiger partial charge is 0.206 e. The average Bonchev–Trinajstić information content (AvgIpc) is 2.44. The summed E-state index contributed by atoms with van der Waals surface area (Å²) in [7, 11) is -4.57. The third-order valence-corrected chi connectivity index (χ3v) is 6.08. The topological polar surface area (TPSA) is 37.4 Å². The van der Waals surface area contributed by atoms with Gasteiger partial charge in [0.15, 0.2) is 0 Å². The molecule has 0 atom stereocenters. The van der Waals surface area contributed by atoms with E-state index in [1.54, 1.807) is 0 Å². The fourth-order valence-corrected chi connectivity index (χ4v) is 3.93. The molecule has 0 aliphatic rings. The highest BCUT2D eigenvalue weighted by atomic mass is 32.2. The Balaban J connectivity index is 4.87. The molecule has 3 nitrogen and oxygen atoms in total. The van der Waals surface area contributed by atoms with Gasteiger partial charge in [-0.05, 0) is 12.8 Å². The maximum Gasteiger partial charge on any atom is 0.361 e. The second-order valence-electron chi connectivity index (χ2n) is 6.24. The molecule has 6 heteroatoms. The second kappa shape index (κ2) is 10.5. The Kier molecular flexibility index (Phi) is 10.4. The summed E-state index contributed by atoms with van der Waals surface area (Å²) in [4.78, 5) is 0. The number of alkyl halides is 2. The lowest BCUT2D eigenvalue weighted by Crippen LogP contribution is -2.46. The van der Waals surface area contributed by atoms with Crippen molar-refractivity contribution in [1.82, 2.24) is 4.31 Å². The zero-order valence-corrected chi connectivity index (χ0v) is 15.4. The number of unbranched alkanes of at least 4 members (excludes halogenated alkanes) is 6. The summed E-state index contributed by atoms with van der Waals surface area (Å²) in [6, 6.07) is 0. The standard InChI is InChI=1S/C16H33F2NO2S/c1-5-7-9-11-13-19(14-12-10-8-6-2)22(20,21)16(17,18)15(3)4/h15H,5-14H2,1-4H3. The number of nitrogens with zero attached hydrogens (tertiary/aromatic N) is 1. The van der Waals surface area contributed by atoms with Crippen molar-refractivity contribution in [1.29, 1.82) is 0 Å². The van der Waals surface area contributed by atoms with Crippen molar-refractivity contribution >= 4 is 10.0 Å². The molecule has 0 N–H and O–H groups in total. The maximum atomic E-state index is 14.1. The minimum absolute atomic E-state index is 0.205. The van der Waals surface area contributed by atoms with Crippen molar-refractivity contribution in [3.63, 3.8) is 0 Å². The van der Waals surface area contributed by atoms with Crippen LogP contribution in [0.15, 0.2) is 0 Å². The first-order valence-electron chi connectivity index (χ1n) is 8.59. The van der Waals surface area contributed by atoms with E-state index in [9.17, 15) is 17.2 Å². The lowest BCUT2D eigenvalue weighted by molar-refractivity contribution is 0.0351. The average molecular weight is 342 g/mol. The molecule has 0 fully saturated rings. The van der Waals surface area contributed by atoms with Gasteiger partial charge < -0.3 is 0 Å². The minimum Gasteiger partial charge on any atom is -0.206 e. The zero-order chi connectivity index (χ0) is 17.2. The molecule has 22 heavy (non-hydrogen) atoms. The van der Waals surface area contributed by atoms with Crippen LogP contribution in [0.2, 0.25) is 0 Å². The first-order valence-corrected chi connectivity index (χ1v) is 10.0. The summed E-state index contributed by atoms with van der Waals surface area (Å²) >= 11 is 0. The highest BCUT2D eigenvalue weighted by Gasteiger charge is 2.50. The third-order valence-electron chi connectivity index (χ3n) is 3.88. The van der Waals surface area contributed by atoms with Crippen LogP contribution in [0.1, 0.15) is 79.1 Å². The predicted octanol–water partition coefficient (Wildman–Crippen LogP) is 5.03. The summed E-state index contributed by atoms with van der Waals surface area (Å²) < 4.78 is 53.8. The predicted molar refractivity (Wildman–Crippen MR) is 88.6 cm³/mol. The van der Waals surface area contributed by atoms with Gasteiger partial charge in [-0.1, -0.05) is 66.2 Å². The van der Waals surface area contributed by atoms with Crippen molar-refractivity contribution in [2.24, 2.45) is 5.92 Å². The zero-order valence-electron chi connectivity index (χ0n) is 14.6. The maximum absolute atomic E-state index is 14.1. The Labute approximate surface area is 135 Å². The van der Waals surface area contributed by atoms with E-state index < -0.39 is 21.2 Å². The monoisotopic (exact) mass is 341 g/mol. The largest absolute Gasteiger partial charge is 0.361 e. The first kappa shape index (κ1) is 21.8. The Morgan fingerprint density at radius 3 is 1.59 bits per heavy atom. The minimum atomic E-state index is -4.57. The summed E-state index contributed by atoms with van der Waals surface area (Å²) in [5, 5.41) is -3.69. The van der Waals surface area contributed by atoms with Gasteiger partial charge in [-0.25, -0.2) is 8.42 Å². The highest BCUT2D eigenvalue weighted by molar-refractivity contribution is 7.90. The molecule has 0 aliphatic carbocycles. The molecule has 0 unspecified atom stereocenters. The van der Waals surface area contributed by atoms with Crippen molar-refractivity contribution < 1.29 is 17.2 Å². The van der Waals surface area contributed by atoms with Crippen LogP contribution < -0.4 is 0 Å². The van der Waals surface area contributed by atoms with E-state index in [4.69, 9.17) is 0 Å². The molecule has 0 radical (unpaired) electrons. The van der Waals surface area contributed by atoms with Crippen LogP contribution >= 0.6 is 0 Å². The lowest BCUT2D eigenvalue weighted by Gasteiger charge is -2.29. The lowest BCUT2D eigenvalue weighted by atomic mass is 10.2. The SMILES string of the molecule is CCCCCCN(CCCCCC)S(=O)(=O)C(F)(F)C(C)C.